The summed E-state index contributed by atoms with van der Waals surface area (Å²) in [6.07, 6.45) is 1.58. The van der Waals surface area contributed by atoms with Gasteiger partial charge in [-0.05, 0) is 36.8 Å². The van der Waals surface area contributed by atoms with Crippen LogP contribution in [-0.4, -0.2) is 22.6 Å². The molecule has 0 saturated heterocycles. The molecule has 1 aliphatic rings. The Hall–Kier alpha value is -4.28. The fourth-order valence-electron chi connectivity index (χ4n) is 4.16. The largest absolute Gasteiger partial charge is 0.466 e. The molecule has 0 spiro atoms. The molecule has 11 heteroatoms. The highest BCUT2D eigenvalue weighted by atomic mass is 35.5. The van der Waals surface area contributed by atoms with Crippen molar-refractivity contribution >= 4 is 40.7 Å². The predicted molar refractivity (Wildman–Crippen MR) is 138 cm³/mol. The first-order chi connectivity index (χ1) is 17.8. The molecule has 37 heavy (non-hydrogen) atoms. The first-order valence-electron chi connectivity index (χ1n) is 11.0. The highest BCUT2D eigenvalue weighted by Gasteiger charge is 2.33. The van der Waals surface area contributed by atoms with Gasteiger partial charge in [0.15, 0.2) is 4.80 Å². The number of allylic oxidation sites excluding steroid dienone is 1. The lowest BCUT2D eigenvalue weighted by Gasteiger charge is -2.24. The molecule has 1 atom stereocenters. The Morgan fingerprint density at radius 1 is 1.22 bits per heavy atom. The van der Waals surface area contributed by atoms with Crippen molar-refractivity contribution in [3.8, 4) is 11.3 Å². The van der Waals surface area contributed by atoms with Gasteiger partial charge in [-0.1, -0.05) is 53.3 Å². The van der Waals surface area contributed by atoms with Crippen LogP contribution in [0.4, 0.5) is 5.69 Å². The third kappa shape index (κ3) is 4.41. The molecule has 2 aromatic carbocycles. The van der Waals surface area contributed by atoms with Crippen molar-refractivity contribution in [2.75, 3.05) is 7.11 Å². The lowest BCUT2D eigenvalue weighted by atomic mass is 9.96. The van der Waals surface area contributed by atoms with Crippen molar-refractivity contribution in [1.29, 1.82) is 0 Å². The summed E-state index contributed by atoms with van der Waals surface area (Å²) in [5, 5.41) is 11.3. The number of aromatic nitrogens is 1. The molecule has 5 rings (SSSR count). The number of fused-ring (bicyclic) bond motifs is 1. The topological polar surface area (TPSA) is 117 Å². The number of methoxy groups -OCH3 is 1. The highest BCUT2D eigenvalue weighted by molar-refractivity contribution is 7.07. The van der Waals surface area contributed by atoms with Gasteiger partial charge >= 0.3 is 5.97 Å². The Bertz CT molecular complexity index is 1770. The molecule has 0 unspecified atom stereocenters. The van der Waals surface area contributed by atoms with Gasteiger partial charge in [0.25, 0.3) is 11.2 Å². The van der Waals surface area contributed by atoms with Gasteiger partial charge < -0.3 is 9.15 Å². The van der Waals surface area contributed by atoms with Crippen LogP contribution in [0.3, 0.4) is 0 Å². The minimum Gasteiger partial charge on any atom is -0.466 e. The van der Waals surface area contributed by atoms with E-state index in [1.54, 1.807) is 31.2 Å². The summed E-state index contributed by atoms with van der Waals surface area (Å²) in [5.41, 5.74) is 1.40. The van der Waals surface area contributed by atoms with Crippen molar-refractivity contribution in [3.63, 3.8) is 0 Å². The number of thiazole rings is 1. The van der Waals surface area contributed by atoms with E-state index in [2.05, 4.69) is 4.99 Å². The normalized spacial score (nSPS) is 15.3. The molecule has 4 aromatic rings. The number of rotatable bonds is 5. The average Bonchev–Trinajstić information content (AvgIpc) is 3.48. The molecule has 2 aromatic heterocycles. The van der Waals surface area contributed by atoms with E-state index >= 15 is 0 Å². The number of esters is 1. The van der Waals surface area contributed by atoms with Crippen LogP contribution in [0.25, 0.3) is 17.4 Å². The Balaban J connectivity index is 1.61. The van der Waals surface area contributed by atoms with E-state index in [9.17, 15) is 19.7 Å². The molecular formula is C26H18ClN3O6S. The quantitative estimate of drug-likeness (QED) is 0.214. The smallest absolute Gasteiger partial charge is 0.338 e. The number of furan rings is 1. The van der Waals surface area contributed by atoms with Crippen molar-refractivity contribution in [2.45, 2.75) is 13.0 Å². The first-order valence-corrected chi connectivity index (χ1v) is 12.2. The van der Waals surface area contributed by atoms with Crippen LogP contribution in [-0.2, 0) is 9.53 Å². The van der Waals surface area contributed by atoms with Crippen LogP contribution in [0.5, 0.6) is 0 Å². The Morgan fingerprint density at radius 2 is 1.97 bits per heavy atom. The molecule has 1 aliphatic heterocycles. The molecule has 9 nitrogen and oxygen atoms in total. The summed E-state index contributed by atoms with van der Waals surface area (Å²) in [4.78, 5) is 41.9. The number of hydrogen-bond donors (Lipinski definition) is 0. The van der Waals surface area contributed by atoms with E-state index in [0.717, 1.165) is 5.56 Å². The maximum Gasteiger partial charge on any atom is 0.338 e. The number of ether oxygens (including phenoxy) is 1. The zero-order valence-corrected chi connectivity index (χ0v) is 21.1. The van der Waals surface area contributed by atoms with Crippen LogP contribution < -0.4 is 14.9 Å². The monoisotopic (exact) mass is 535 g/mol. The predicted octanol–water partition coefficient (Wildman–Crippen LogP) is 4.23. The van der Waals surface area contributed by atoms with E-state index in [1.807, 2.05) is 30.3 Å². The summed E-state index contributed by atoms with van der Waals surface area (Å²) in [6, 6.07) is 16.2. The number of nitrogens with zero attached hydrogens (tertiary/aromatic N) is 3. The Labute approximate surface area is 218 Å². The zero-order chi connectivity index (χ0) is 26.3. The molecule has 0 fully saturated rings. The second-order valence-electron chi connectivity index (χ2n) is 8.11. The number of hydrogen-bond acceptors (Lipinski definition) is 8. The van der Waals surface area contributed by atoms with Gasteiger partial charge in [-0.2, -0.15) is 0 Å². The number of carbonyl (C=O) groups excluding carboxylic acids is 1. The van der Waals surface area contributed by atoms with E-state index in [1.165, 1.54) is 35.1 Å². The third-order valence-corrected chi connectivity index (χ3v) is 7.17. The van der Waals surface area contributed by atoms with Crippen LogP contribution in [0.15, 0.2) is 86.1 Å². The summed E-state index contributed by atoms with van der Waals surface area (Å²) in [6.45, 7) is 1.71. The van der Waals surface area contributed by atoms with E-state index < -0.39 is 16.9 Å². The standard InChI is InChI=1S/C26H18ClN3O6S/c1-14-22(25(32)35-2)23(15-6-4-3-5-7-15)29-24(31)21(37-26(29)28-14)13-17-9-11-20(36-17)16-8-10-18(27)19(12-16)30(33)34/h3-13,23H,1-2H3/b21-13-/t23-/m0/s1. The lowest BCUT2D eigenvalue weighted by Crippen LogP contribution is -2.39. The Morgan fingerprint density at radius 3 is 2.68 bits per heavy atom. The molecule has 0 saturated carbocycles. The molecule has 3 heterocycles. The number of nitro benzene ring substituents is 1. The highest BCUT2D eigenvalue weighted by Crippen LogP contribution is 2.32. The van der Waals surface area contributed by atoms with Crippen molar-refractivity contribution < 1.29 is 18.9 Å². The van der Waals surface area contributed by atoms with Gasteiger partial charge in [0.2, 0.25) is 0 Å². The van der Waals surface area contributed by atoms with Crippen LogP contribution in [0.2, 0.25) is 5.02 Å². The SMILES string of the molecule is COC(=O)C1=C(C)N=c2s/c(=C\c3ccc(-c4ccc(Cl)c([N+](=O)[O-])c4)o3)c(=O)n2[C@H]1c1ccccc1. The molecule has 0 radical (unpaired) electrons. The summed E-state index contributed by atoms with van der Waals surface area (Å²) in [5.74, 6) is 0.194. The number of carbonyl (C=O) groups is 1. The minimum absolute atomic E-state index is 0.0243. The van der Waals surface area contributed by atoms with E-state index in [0.29, 0.717) is 32.1 Å². The van der Waals surface area contributed by atoms with Crippen LogP contribution in [0.1, 0.15) is 24.3 Å². The maximum atomic E-state index is 13.6. The third-order valence-electron chi connectivity index (χ3n) is 5.87. The number of halogens is 1. The van der Waals surface area contributed by atoms with E-state index in [4.69, 9.17) is 20.8 Å². The molecule has 0 amide bonds. The van der Waals surface area contributed by atoms with Gasteiger partial charge in [0.05, 0.1) is 33.9 Å². The van der Waals surface area contributed by atoms with Crippen molar-refractivity contribution in [3.05, 3.63) is 118 Å². The fourth-order valence-corrected chi connectivity index (χ4v) is 5.38. The van der Waals surface area contributed by atoms with Gasteiger partial charge in [0, 0.05) is 17.7 Å². The molecule has 0 aliphatic carbocycles. The van der Waals surface area contributed by atoms with Gasteiger partial charge in [0.1, 0.15) is 16.5 Å². The molecule has 0 N–H and O–H groups in total. The summed E-state index contributed by atoms with van der Waals surface area (Å²) < 4.78 is 12.7. The molecular weight excluding hydrogens is 518 g/mol. The van der Waals surface area contributed by atoms with Crippen LogP contribution >= 0.6 is 22.9 Å². The molecule has 0 bridgehead atoms. The second kappa shape index (κ2) is 9.64. The second-order valence-corrected chi connectivity index (χ2v) is 9.53. The van der Waals surface area contributed by atoms with Gasteiger partial charge in [-0.25, -0.2) is 9.79 Å². The lowest BCUT2D eigenvalue weighted by molar-refractivity contribution is -0.384. The fraction of sp³-hybridized carbons (Fsp3) is 0.115. The summed E-state index contributed by atoms with van der Waals surface area (Å²) >= 11 is 7.08. The van der Waals surface area contributed by atoms with Crippen LogP contribution in [0, 0.1) is 10.1 Å². The van der Waals surface area contributed by atoms with Gasteiger partial charge in [-0.3, -0.25) is 19.5 Å². The van der Waals surface area contributed by atoms with Crippen molar-refractivity contribution in [2.24, 2.45) is 4.99 Å². The maximum absolute atomic E-state index is 13.6. The Kier molecular flexibility index (Phi) is 6.36. The average molecular weight is 536 g/mol. The number of benzene rings is 2. The summed E-state index contributed by atoms with van der Waals surface area (Å²) in [7, 11) is 1.29. The molecule has 186 valence electrons. The minimum atomic E-state index is -0.700. The van der Waals surface area contributed by atoms with E-state index in [-0.39, 0.29) is 21.8 Å². The van der Waals surface area contributed by atoms with Crippen molar-refractivity contribution in [1.82, 2.24) is 4.57 Å². The zero-order valence-electron chi connectivity index (χ0n) is 19.5. The first kappa shape index (κ1) is 24.4. The number of nitro groups is 1. The van der Waals surface area contributed by atoms with Gasteiger partial charge in [-0.15, -0.1) is 0 Å².